The zero-order valence-corrected chi connectivity index (χ0v) is 8.30. The van der Waals surface area contributed by atoms with Crippen LogP contribution in [-0.2, 0) is 0 Å². The molecule has 1 unspecified atom stereocenters. The Kier molecular flexibility index (Phi) is 2.89. The number of aromatic nitrogens is 2. The van der Waals surface area contributed by atoms with Gasteiger partial charge in [-0.2, -0.15) is 0 Å². The molecule has 0 saturated carbocycles. The molecule has 0 aliphatic carbocycles. The average molecular weight is 203 g/mol. The van der Waals surface area contributed by atoms with Crippen LogP contribution in [0.25, 0.3) is 10.8 Å². The van der Waals surface area contributed by atoms with Crippen LogP contribution in [-0.4, -0.2) is 21.6 Å². The second-order valence-corrected chi connectivity index (χ2v) is 3.42. The second-order valence-electron chi connectivity index (χ2n) is 3.42. The normalized spacial score (nSPS) is 12.9. The smallest absolute Gasteiger partial charge is 0.0823 e. The van der Waals surface area contributed by atoms with Crippen LogP contribution in [0, 0.1) is 0 Å². The summed E-state index contributed by atoms with van der Waals surface area (Å²) in [5.41, 5.74) is 6.21. The van der Waals surface area contributed by atoms with E-state index in [9.17, 15) is 5.11 Å². The number of aliphatic hydroxyl groups is 1. The fraction of sp³-hybridized carbons (Fsp3) is 0.273. The Morgan fingerprint density at radius 3 is 2.93 bits per heavy atom. The molecule has 0 saturated heterocycles. The van der Waals surface area contributed by atoms with E-state index in [0.717, 1.165) is 16.3 Å². The van der Waals surface area contributed by atoms with Crippen molar-refractivity contribution in [2.24, 2.45) is 5.73 Å². The van der Waals surface area contributed by atoms with Crippen molar-refractivity contribution in [3.8, 4) is 0 Å². The number of nitrogens with two attached hydrogens (primary N) is 1. The number of nitrogens with zero attached hydrogens (tertiary/aromatic N) is 2. The molecule has 0 aliphatic heterocycles. The maximum absolute atomic E-state index is 9.87. The van der Waals surface area contributed by atoms with Gasteiger partial charge < -0.3 is 10.8 Å². The Bertz CT molecular complexity index is 453. The van der Waals surface area contributed by atoms with Gasteiger partial charge in [-0.1, -0.05) is 0 Å². The van der Waals surface area contributed by atoms with Gasteiger partial charge >= 0.3 is 0 Å². The number of rotatable bonds is 3. The largest absolute Gasteiger partial charge is 0.388 e. The third kappa shape index (κ3) is 1.95. The molecule has 15 heavy (non-hydrogen) atoms. The fourth-order valence-electron chi connectivity index (χ4n) is 1.61. The number of pyridine rings is 2. The topological polar surface area (TPSA) is 72.0 Å². The highest BCUT2D eigenvalue weighted by molar-refractivity contribution is 5.83. The van der Waals surface area contributed by atoms with E-state index in [-0.39, 0.29) is 0 Å². The number of hydrogen-bond donors (Lipinski definition) is 2. The van der Waals surface area contributed by atoms with E-state index in [4.69, 9.17) is 5.73 Å². The molecule has 2 aromatic heterocycles. The second kappa shape index (κ2) is 4.33. The summed E-state index contributed by atoms with van der Waals surface area (Å²) in [5, 5.41) is 11.8. The zero-order chi connectivity index (χ0) is 10.7. The highest BCUT2D eigenvalue weighted by Crippen LogP contribution is 2.23. The van der Waals surface area contributed by atoms with E-state index in [1.807, 2.05) is 6.07 Å². The van der Waals surface area contributed by atoms with Crippen LogP contribution >= 0.6 is 0 Å². The molecule has 1 atom stereocenters. The lowest BCUT2D eigenvalue weighted by atomic mass is 10.0. The molecule has 0 bridgehead atoms. The Hall–Kier alpha value is -1.52. The van der Waals surface area contributed by atoms with Gasteiger partial charge in [0.2, 0.25) is 0 Å². The van der Waals surface area contributed by atoms with Gasteiger partial charge in [-0.05, 0) is 19.0 Å². The maximum atomic E-state index is 9.87. The van der Waals surface area contributed by atoms with Crippen molar-refractivity contribution in [3.63, 3.8) is 0 Å². The summed E-state index contributed by atoms with van der Waals surface area (Å²) in [6, 6.07) is 1.88. The quantitative estimate of drug-likeness (QED) is 0.781. The lowest BCUT2D eigenvalue weighted by Gasteiger charge is -2.11. The maximum Gasteiger partial charge on any atom is 0.0823 e. The summed E-state index contributed by atoms with van der Waals surface area (Å²) < 4.78 is 0. The molecule has 0 radical (unpaired) electrons. The molecule has 0 spiro atoms. The number of aliphatic hydroxyl groups excluding tert-OH is 1. The van der Waals surface area contributed by atoms with Gasteiger partial charge in [-0.3, -0.25) is 9.97 Å². The first-order chi connectivity index (χ1) is 7.33. The Labute approximate surface area is 87.8 Å². The number of fused-ring (bicyclic) bond motifs is 1. The first kappa shape index (κ1) is 10.0. The zero-order valence-electron chi connectivity index (χ0n) is 8.30. The Morgan fingerprint density at radius 1 is 1.27 bits per heavy atom. The summed E-state index contributed by atoms with van der Waals surface area (Å²) in [4.78, 5) is 8.13. The molecule has 78 valence electrons. The lowest BCUT2D eigenvalue weighted by molar-refractivity contribution is 0.171. The van der Waals surface area contributed by atoms with Gasteiger partial charge in [0.25, 0.3) is 0 Å². The molecule has 0 aromatic carbocycles. The Balaban J connectivity index is 2.50. The third-order valence-corrected chi connectivity index (χ3v) is 2.39. The van der Waals surface area contributed by atoms with Crippen LogP contribution in [0.1, 0.15) is 18.1 Å². The third-order valence-electron chi connectivity index (χ3n) is 2.39. The summed E-state index contributed by atoms with van der Waals surface area (Å²) >= 11 is 0. The summed E-state index contributed by atoms with van der Waals surface area (Å²) in [6.45, 7) is 0.456. The van der Waals surface area contributed by atoms with Gasteiger partial charge in [0.1, 0.15) is 0 Å². The van der Waals surface area contributed by atoms with Crippen molar-refractivity contribution in [2.75, 3.05) is 6.54 Å². The molecule has 2 rings (SSSR count). The van der Waals surface area contributed by atoms with Gasteiger partial charge in [0, 0.05) is 41.1 Å². The number of hydrogen-bond acceptors (Lipinski definition) is 4. The molecule has 3 N–H and O–H groups in total. The van der Waals surface area contributed by atoms with Gasteiger partial charge in [-0.15, -0.1) is 0 Å². The van der Waals surface area contributed by atoms with E-state index in [1.54, 1.807) is 24.8 Å². The van der Waals surface area contributed by atoms with Crippen LogP contribution < -0.4 is 5.73 Å². The van der Waals surface area contributed by atoms with E-state index in [1.165, 1.54) is 0 Å². The standard InChI is InChI=1S/C11H13N3O/c12-3-1-11(15)10-7-14-5-8-2-4-13-6-9(8)10/h2,4-7,11,15H,1,3,12H2. The highest BCUT2D eigenvalue weighted by atomic mass is 16.3. The van der Waals surface area contributed by atoms with Crippen molar-refractivity contribution in [1.82, 2.24) is 9.97 Å². The minimum atomic E-state index is -0.560. The van der Waals surface area contributed by atoms with Crippen LogP contribution in [0.5, 0.6) is 0 Å². The summed E-state index contributed by atoms with van der Waals surface area (Å²) in [6.07, 6.45) is 6.86. The molecule has 2 heterocycles. The molecule has 0 fully saturated rings. The van der Waals surface area contributed by atoms with E-state index in [0.29, 0.717) is 13.0 Å². The molecule has 0 aliphatic rings. The highest BCUT2D eigenvalue weighted by Gasteiger charge is 2.10. The molecule has 4 heteroatoms. The van der Waals surface area contributed by atoms with Crippen LogP contribution in [0.2, 0.25) is 0 Å². The van der Waals surface area contributed by atoms with E-state index < -0.39 is 6.10 Å². The van der Waals surface area contributed by atoms with Crippen LogP contribution in [0.4, 0.5) is 0 Å². The summed E-state index contributed by atoms with van der Waals surface area (Å²) in [5.74, 6) is 0. The van der Waals surface area contributed by atoms with E-state index >= 15 is 0 Å². The summed E-state index contributed by atoms with van der Waals surface area (Å²) in [7, 11) is 0. The molecule has 4 nitrogen and oxygen atoms in total. The minimum Gasteiger partial charge on any atom is -0.388 e. The van der Waals surface area contributed by atoms with Gasteiger partial charge in [0.05, 0.1) is 6.10 Å². The van der Waals surface area contributed by atoms with Crippen molar-refractivity contribution in [3.05, 3.63) is 36.4 Å². The predicted octanol–water partition coefficient (Wildman–Crippen LogP) is 1.01. The monoisotopic (exact) mass is 203 g/mol. The van der Waals surface area contributed by atoms with Gasteiger partial charge in [-0.25, -0.2) is 0 Å². The van der Waals surface area contributed by atoms with Gasteiger partial charge in [0.15, 0.2) is 0 Å². The first-order valence-corrected chi connectivity index (χ1v) is 4.88. The predicted molar refractivity (Wildman–Crippen MR) is 58.2 cm³/mol. The average Bonchev–Trinajstić information content (AvgIpc) is 2.28. The molecular formula is C11H13N3O. The molecule has 2 aromatic rings. The van der Waals surface area contributed by atoms with Crippen molar-refractivity contribution in [2.45, 2.75) is 12.5 Å². The SMILES string of the molecule is NCCC(O)c1cncc2ccncc12. The molecule has 0 amide bonds. The van der Waals surface area contributed by atoms with Crippen LogP contribution in [0.15, 0.2) is 30.9 Å². The minimum absolute atomic E-state index is 0.456. The lowest BCUT2D eigenvalue weighted by Crippen LogP contribution is -2.07. The van der Waals surface area contributed by atoms with E-state index in [2.05, 4.69) is 9.97 Å². The van der Waals surface area contributed by atoms with Crippen molar-refractivity contribution < 1.29 is 5.11 Å². The van der Waals surface area contributed by atoms with Crippen molar-refractivity contribution in [1.29, 1.82) is 0 Å². The van der Waals surface area contributed by atoms with Crippen LogP contribution in [0.3, 0.4) is 0 Å². The van der Waals surface area contributed by atoms with Crippen molar-refractivity contribution >= 4 is 10.8 Å². The fourth-order valence-corrected chi connectivity index (χ4v) is 1.61. The Morgan fingerprint density at radius 2 is 2.13 bits per heavy atom. The first-order valence-electron chi connectivity index (χ1n) is 4.88. The molecular weight excluding hydrogens is 190 g/mol.